The number of aliphatic hydroxyl groups is 1. The molecule has 0 spiro atoms. The van der Waals surface area contributed by atoms with E-state index < -0.39 is 29.3 Å². The molecule has 1 saturated heterocycles. The van der Waals surface area contributed by atoms with Crippen LogP contribution in [0.1, 0.15) is 29.7 Å². The summed E-state index contributed by atoms with van der Waals surface area (Å²) in [5.41, 5.74) is 1.99. The predicted octanol–water partition coefficient (Wildman–Crippen LogP) is 5.03. The Hall–Kier alpha value is -4.13. The SMILES string of the molecule is CCc1ccc(N2C(=O)C(=O)/C(=C(/O)c3cc(F)ccc3OC)C2c2ccc(OC)cc2)cc1. The van der Waals surface area contributed by atoms with E-state index in [2.05, 4.69) is 0 Å². The molecule has 1 atom stereocenters. The first-order valence-corrected chi connectivity index (χ1v) is 10.8. The maximum Gasteiger partial charge on any atom is 0.300 e. The second-order valence-corrected chi connectivity index (χ2v) is 7.81. The van der Waals surface area contributed by atoms with Gasteiger partial charge in [-0.2, -0.15) is 0 Å². The summed E-state index contributed by atoms with van der Waals surface area (Å²) in [7, 11) is 2.91. The van der Waals surface area contributed by atoms with Crippen molar-refractivity contribution in [1.29, 1.82) is 0 Å². The average molecular weight is 461 g/mol. The Labute approximate surface area is 196 Å². The number of carbonyl (C=O) groups excluding carboxylic acids is 2. The van der Waals surface area contributed by atoms with E-state index in [1.54, 1.807) is 36.4 Å². The molecule has 7 heteroatoms. The molecular formula is C27H24FNO5. The van der Waals surface area contributed by atoms with Gasteiger partial charge < -0.3 is 14.6 Å². The molecule has 0 aromatic heterocycles. The zero-order chi connectivity index (χ0) is 24.4. The van der Waals surface area contributed by atoms with Crippen LogP contribution in [-0.2, 0) is 16.0 Å². The number of aliphatic hydroxyl groups excluding tert-OH is 1. The Morgan fingerprint density at radius 2 is 1.65 bits per heavy atom. The molecular weight excluding hydrogens is 437 g/mol. The highest BCUT2D eigenvalue weighted by Crippen LogP contribution is 2.43. The quantitative estimate of drug-likeness (QED) is 0.317. The van der Waals surface area contributed by atoms with Gasteiger partial charge in [-0.25, -0.2) is 4.39 Å². The molecule has 4 rings (SSSR count). The lowest BCUT2D eigenvalue weighted by Crippen LogP contribution is -2.29. The van der Waals surface area contributed by atoms with Crippen LogP contribution in [0.5, 0.6) is 11.5 Å². The third-order valence-corrected chi connectivity index (χ3v) is 5.92. The van der Waals surface area contributed by atoms with Crippen molar-refractivity contribution in [1.82, 2.24) is 0 Å². The van der Waals surface area contributed by atoms with E-state index >= 15 is 0 Å². The van der Waals surface area contributed by atoms with Gasteiger partial charge in [-0.3, -0.25) is 14.5 Å². The first-order chi connectivity index (χ1) is 16.4. The van der Waals surface area contributed by atoms with E-state index in [1.807, 2.05) is 19.1 Å². The molecule has 174 valence electrons. The van der Waals surface area contributed by atoms with Crippen molar-refractivity contribution in [3.05, 3.63) is 94.8 Å². The van der Waals surface area contributed by atoms with E-state index in [4.69, 9.17) is 9.47 Å². The number of Topliss-reactive ketones (excluding diaryl/α,β-unsaturated/α-hetero) is 1. The molecule has 0 bridgehead atoms. The standard InChI is InChI=1S/C27H24FNO5/c1-4-16-5-10-19(11-6-16)29-24(17-7-12-20(33-2)13-8-17)23(26(31)27(29)32)25(30)21-15-18(28)9-14-22(21)34-3/h5-15,24,30H,4H2,1-3H3/b25-23+. The zero-order valence-electron chi connectivity index (χ0n) is 19.0. The van der Waals surface area contributed by atoms with E-state index in [0.29, 0.717) is 17.0 Å². The smallest absolute Gasteiger partial charge is 0.300 e. The van der Waals surface area contributed by atoms with Crippen molar-refractivity contribution in [2.75, 3.05) is 19.1 Å². The van der Waals surface area contributed by atoms with Crippen LogP contribution < -0.4 is 14.4 Å². The summed E-state index contributed by atoms with van der Waals surface area (Å²) in [5.74, 6) is -2.02. The second kappa shape index (κ2) is 9.39. The summed E-state index contributed by atoms with van der Waals surface area (Å²) in [6, 6.07) is 16.8. The van der Waals surface area contributed by atoms with Gasteiger partial charge in [0.15, 0.2) is 0 Å². The van der Waals surface area contributed by atoms with E-state index in [0.717, 1.165) is 18.1 Å². The Balaban J connectivity index is 1.95. The third-order valence-electron chi connectivity index (χ3n) is 5.92. The number of ether oxygens (including phenoxy) is 2. The number of benzene rings is 3. The molecule has 34 heavy (non-hydrogen) atoms. The normalized spacial score (nSPS) is 17.2. The summed E-state index contributed by atoms with van der Waals surface area (Å²) in [6.45, 7) is 2.02. The molecule has 1 aliphatic rings. The lowest BCUT2D eigenvalue weighted by atomic mass is 9.94. The van der Waals surface area contributed by atoms with Gasteiger partial charge in [0.25, 0.3) is 11.7 Å². The van der Waals surface area contributed by atoms with Crippen LogP contribution in [0.25, 0.3) is 5.76 Å². The van der Waals surface area contributed by atoms with Crippen LogP contribution in [0.15, 0.2) is 72.3 Å². The van der Waals surface area contributed by atoms with Crippen molar-refractivity contribution < 1.29 is 28.6 Å². The molecule has 1 amide bonds. The minimum absolute atomic E-state index is 0.0136. The summed E-state index contributed by atoms with van der Waals surface area (Å²) in [5, 5.41) is 11.2. The highest BCUT2D eigenvalue weighted by Gasteiger charge is 2.47. The molecule has 3 aromatic carbocycles. The summed E-state index contributed by atoms with van der Waals surface area (Å²) in [4.78, 5) is 27.8. The van der Waals surface area contributed by atoms with Gasteiger partial charge in [0.05, 0.1) is 31.4 Å². The maximum absolute atomic E-state index is 14.1. The molecule has 6 nitrogen and oxygen atoms in total. The Kier molecular flexibility index (Phi) is 6.36. The van der Waals surface area contributed by atoms with Crippen molar-refractivity contribution in [3.63, 3.8) is 0 Å². The number of rotatable bonds is 6. The Morgan fingerprint density at radius 3 is 2.24 bits per heavy atom. The van der Waals surface area contributed by atoms with Gasteiger partial charge in [-0.15, -0.1) is 0 Å². The van der Waals surface area contributed by atoms with E-state index in [-0.39, 0.29) is 16.9 Å². The lowest BCUT2D eigenvalue weighted by molar-refractivity contribution is -0.132. The number of aryl methyl sites for hydroxylation is 1. The fourth-order valence-electron chi connectivity index (χ4n) is 4.10. The molecule has 1 heterocycles. The van der Waals surface area contributed by atoms with Crippen LogP contribution in [0.3, 0.4) is 0 Å². The zero-order valence-corrected chi connectivity index (χ0v) is 19.0. The number of ketones is 1. The van der Waals surface area contributed by atoms with Gasteiger partial charge in [0, 0.05) is 5.69 Å². The predicted molar refractivity (Wildman–Crippen MR) is 127 cm³/mol. The van der Waals surface area contributed by atoms with Crippen LogP contribution in [0.4, 0.5) is 10.1 Å². The van der Waals surface area contributed by atoms with Crippen molar-refractivity contribution in [2.24, 2.45) is 0 Å². The molecule has 3 aromatic rings. The monoisotopic (exact) mass is 461 g/mol. The third kappa shape index (κ3) is 4.01. The van der Waals surface area contributed by atoms with Gasteiger partial charge in [-0.05, 0) is 60.0 Å². The highest BCUT2D eigenvalue weighted by atomic mass is 19.1. The molecule has 1 unspecified atom stereocenters. The van der Waals surface area contributed by atoms with Crippen LogP contribution >= 0.6 is 0 Å². The second-order valence-electron chi connectivity index (χ2n) is 7.81. The fraction of sp³-hybridized carbons (Fsp3) is 0.185. The Morgan fingerprint density at radius 1 is 0.971 bits per heavy atom. The molecule has 0 radical (unpaired) electrons. The van der Waals surface area contributed by atoms with Crippen LogP contribution in [-0.4, -0.2) is 31.0 Å². The number of carbonyl (C=O) groups is 2. The molecule has 1 aliphatic heterocycles. The largest absolute Gasteiger partial charge is 0.507 e. The van der Waals surface area contributed by atoms with Gasteiger partial charge in [0.2, 0.25) is 0 Å². The first kappa shape index (κ1) is 23.0. The van der Waals surface area contributed by atoms with E-state index in [9.17, 15) is 19.1 Å². The maximum atomic E-state index is 14.1. The number of hydrogen-bond donors (Lipinski definition) is 1. The van der Waals surface area contributed by atoms with Crippen molar-refractivity contribution >= 4 is 23.1 Å². The van der Waals surface area contributed by atoms with Crippen LogP contribution in [0.2, 0.25) is 0 Å². The minimum Gasteiger partial charge on any atom is -0.507 e. The summed E-state index contributed by atoms with van der Waals surface area (Å²) >= 11 is 0. The number of amides is 1. The average Bonchev–Trinajstić information content (AvgIpc) is 3.13. The number of halogens is 1. The van der Waals surface area contributed by atoms with Gasteiger partial charge >= 0.3 is 0 Å². The van der Waals surface area contributed by atoms with Gasteiger partial charge in [-0.1, -0.05) is 31.2 Å². The minimum atomic E-state index is -0.939. The van der Waals surface area contributed by atoms with Crippen molar-refractivity contribution in [2.45, 2.75) is 19.4 Å². The number of hydrogen-bond acceptors (Lipinski definition) is 5. The molecule has 0 saturated carbocycles. The molecule has 1 N–H and O–H groups in total. The van der Waals surface area contributed by atoms with Crippen LogP contribution in [0, 0.1) is 5.82 Å². The van der Waals surface area contributed by atoms with E-state index in [1.165, 1.54) is 31.3 Å². The first-order valence-electron chi connectivity index (χ1n) is 10.8. The summed E-state index contributed by atoms with van der Waals surface area (Å²) in [6.07, 6.45) is 0.820. The van der Waals surface area contributed by atoms with Gasteiger partial charge in [0.1, 0.15) is 23.1 Å². The summed E-state index contributed by atoms with van der Waals surface area (Å²) < 4.78 is 24.6. The number of methoxy groups -OCH3 is 2. The van der Waals surface area contributed by atoms with Crippen molar-refractivity contribution in [3.8, 4) is 11.5 Å². The number of nitrogens with zero attached hydrogens (tertiary/aromatic N) is 1. The number of anilines is 1. The Bertz CT molecular complexity index is 1270. The fourth-order valence-corrected chi connectivity index (χ4v) is 4.10. The topological polar surface area (TPSA) is 76.1 Å². The molecule has 1 fully saturated rings. The molecule has 0 aliphatic carbocycles. The highest BCUT2D eigenvalue weighted by molar-refractivity contribution is 6.51. The lowest BCUT2D eigenvalue weighted by Gasteiger charge is -2.26.